The van der Waals surface area contributed by atoms with Gasteiger partial charge in [-0.2, -0.15) is 0 Å². The summed E-state index contributed by atoms with van der Waals surface area (Å²) < 4.78 is 5.37. The summed E-state index contributed by atoms with van der Waals surface area (Å²) in [7, 11) is 1.63. The Labute approximate surface area is 127 Å². The number of amides is 1. The summed E-state index contributed by atoms with van der Waals surface area (Å²) >= 11 is 0. The lowest BCUT2D eigenvalue weighted by Crippen LogP contribution is -2.54. The van der Waals surface area contributed by atoms with Crippen molar-refractivity contribution in [1.29, 1.82) is 0 Å². The molecule has 0 bridgehead atoms. The summed E-state index contributed by atoms with van der Waals surface area (Å²) in [6.07, 6.45) is 3.76. The molecule has 0 radical (unpaired) electrons. The number of hydrogen-bond donors (Lipinski definition) is 2. The number of carbonyl (C=O) groups is 1. The van der Waals surface area contributed by atoms with Crippen molar-refractivity contribution in [2.24, 2.45) is 17.6 Å². The van der Waals surface area contributed by atoms with Gasteiger partial charge in [-0.15, -0.1) is 0 Å². The molecule has 4 nitrogen and oxygen atoms in total. The minimum Gasteiger partial charge on any atom is -0.495 e. The first-order valence-electron chi connectivity index (χ1n) is 7.69. The van der Waals surface area contributed by atoms with Crippen LogP contribution in [0.1, 0.15) is 39.5 Å². The highest BCUT2D eigenvalue weighted by atomic mass is 16.5. The number of rotatable bonds is 5. The zero-order valence-corrected chi connectivity index (χ0v) is 13.2. The maximum Gasteiger partial charge on any atom is 0.243 e. The van der Waals surface area contributed by atoms with E-state index in [4.69, 9.17) is 10.5 Å². The van der Waals surface area contributed by atoms with Crippen LogP contribution < -0.4 is 15.8 Å². The van der Waals surface area contributed by atoms with Crippen LogP contribution in [0.4, 0.5) is 5.69 Å². The molecule has 2 atom stereocenters. The summed E-state index contributed by atoms with van der Waals surface area (Å²) in [4.78, 5) is 12.2. The van der Waals surface area contributed by atoms with Crippen LogP contribution in [-0.2, 0) is 4.79 Å². The Morgan fingerprint density at radius 3 is 2.76 bits per heavy atom. The van der Waals surface area contributed by atoms with Gasteiger partial charge in [0.2, 0.25) is 5.91 Å². The Bertz CT molecular complexity index is 501. The predicted octanol–water partition coefficient (Wildman–Crippen LogP) is 3.18. The second kappa shape index (κ2) is 6.37. The van der Waals surface area contributed by atoms with Gasteiger partial charge in [0.1, 0.15) is 11.3 Å². The second-order valence-corrected chi connectivity index (χ2v) is 6.37. The van der Waals surface area contributed by atoms with Crippen LogP contribution in [0.5, 0.6) is 5.75 Å². The Morgan fingerprint density at radius 2 is 2.14 bits per heavy atom. The summed E-state index contributed by atoms with van der Waals surface area (Å²) in [5, 5.41) is 3.40. The maximum atomic E-state index is 12.2. The second-order valence-electron chi connectivity index (χ2n) is 6.37. The quantitative estimate of drug-likeness (QED) is 0.875. The molecule has 1 aromatic rings. The van der Waals surface area contributed by atoms with E-state index in [0.29, 0.717) is 11.8 Å². The van der Waals surface area contributed by atoms with Crippen molar-refractivity contribution in [1.82, 2.24) is 0 Å². The molecule has 1 aliphatic carbocycles. The van der Waals surface area contributed by atoms with Crippen molar-refractivity contribution >= 4 is 11.6 Å². The average Bonchev–Trinajstić information content (AvgIpc) is 2.48. The highest BCUT2D eigenvalue weighted by molar-refractivity contribution is 5.88. The molecule has 116 valence electrons. The highest BCUT2D eigenvalue weighted by Crippen LogP contribution is 2.39. The van der Waals surface area contributed by atoms with Gasteiger partial charge in [0.05, 0.1) is 12.8 Å². The number of para-hydroxylation sites is 2. The van der Waals surface area contributed by atoms with Crippen LogP contribution in [0.25, 0.3) is 0 Å². The van der Waals surface area contributed by atoms with Gasteiger partial charge in [0.15, 0.2) is 0 Å². The van der Waals surface area contributed by atoms with Crippen LogP contribution in [0.3, 0.4) is 0 Å². The first-order chi connectivity index (χ1) is 9.98. The third kappa shape index (κ3) is 3.31. The van der Waals surface area contributed by atoms with Crippen molar-refractivity contribution in [3.8, 4) is 5.75 Å². The molecule has 0 saturated heterocycles. The number of nitrogens with one attached hydrogen (secondary N) is 1. The van der Waals surface area contributed by atoms with Crippen LogP contribution in [0.2, 0.25) is 0 Å². The van der Waals surface area contributed by atoms with Gasteiger partial charge in [-0.1, -0.05) is 32.4 Å². The number of hydrogen-bond acceptors (Lipinski definition) is 3. The van der Waals surface area contributed by atoms with Gasteiger partial charge in [-0.3, -0.25) is 4.79 Å². The van der Waals surface area contributed by atoms with Crippen molar-refractivity contribution in [3.05, 3.63) is 24.3 Å². The number of ether oxygens (including phenoxy) is 1. The molecule has 1 aliphatic rings. The first-order valence-corrected chi connectivity index (χ1v) is 7.69. The van der Waals surface area contributed by atoms with E-state index in [-0.39, 0.29) is 5.91 Å². The zero-order chi connectivity index (χ0) is 15.5. The summed E-state index contributed by atoms with van der Waals surface area (Å²) in [6.45, 7) is 4.43. The summed E-state index contributed by atoms with van der Waals surface area (Å²) in [6, 6.07) is 7.67. The first kappa shape index (κ1) is 15.7. The van der Waals surface area contributed by atoms with Gasteiger partial charge in [-0.05, 0) is 43.2 Å². The standard InChI is InChI=1S/C17H26N2O2/c1-12(2)13-7-6-10-17(11-13,16(18)20)19-14-8-4-5-9-15(14)21-3/h4-5,8-9,12-13,19H,6-7,10-11H2,1-3H3,(H2,18,20). The van der Waals surface area contributed by atoms with Crippen LogP contribution in [-0.4, -0.2) is 18.6 Å². The molecule has 0 heterocycles. The molecule has 1 saturated carbocycles. The van der Waals surface area contributed by atoms with Crippen molar-refractivity contribution in [2.45, 2.75) is 45.1 Å². The maximum absolute atomic E-state index is 12.2. The molecular weight excluding hydrogens is 264 g/mol. The Kier molecular flexibility index (Phi) is 4.76. The topological polar surface area (TPSA) is 64.3 Å². The molecular formula is C17H26N2O2. The number of primary amides is 1. The Balaban J connectivity index is 2.28. The number of carbonyl (C=O) groups excluding carboxylic acids is 1. The average molecular weight is 290 g/mol. The van der Waals surface area contributed by atoms with Crippen LogP contribution in [0.15, 0.2) is 24.3 Å². The van der Waals surface area contributed by atoms with Gasteiger partial charge in [0.25, 0.3) is 0 Å². The molecule has 1 aromatic carbocycles. The van der Waals surface area contributed by atoms with Crippen molar-refractivity contribution < 1.29 is 9.53 Å². The molecule has 1 amide bonds. The largest absolute Gasteiger partial charge is 0.495 e. The number of methoxy groups -OCH3 is 1. The monoisotopic (exact) mass is 290 g/mol. The lowest BCUT2D eigenvalue weighted by atomic mass is 9.71. The number of benzene rings is 1. The molecule has 1 fully saturated rings. The summed E-state index contributed by atoms with van der Waals surface area (Å²) in [5.41, 5.74) is 5.93. The van der Waals surface area contributed by atoms with Crippen LogP contribution in [0, 0.1) is 11.8 Å². The minimum absolute atomic E-state index is 0.265. The lowest BCUT2D eigenvalue weighted by Gasteiger charge is -2.41. The highest BCUT2D eigenvalue weighted by Gasteiger charge is 2.42. The van der Waals surface area contributed by atoms with Gasteiger partial charge >= 0.3 is 0 Å². The van der Waals surface area contributed by atoms with E-state index in [1.165, 1.54) is 6.42 Å². The molecule has 0 aliphatic heterocycles. The normalized spacial score (nSPS) is 25.6. The fourth-order valence-corrected chi connectivity index (χ4v) is 3.29. The fraction of sp³-hybridized carbons (Fsp3) is 0.588. The molecule has 2 unspecified atom stereocenters. The molecule has 0 spiro atoms. The molecule has 3 N–H and O–H groups in total. The van der Waals surface area contributed by atoms with E-state index in [0.717, 1.165) is 30.7 Å². The predicted molar refractivity (Wildman–Crippen MR) is 85.3 cm³/mol. The molecule has 0 aromatic heterocycles. The molecule has 21 heavy (non-hydrogen) atoms. The molecule has 4 heteroatoms. The fourth-order valence-electron chi connectivity index (χ4n) is 3.29. The van der Waals surface area contributed by atoms with E-state index < -0.39 is 5.54 Å². The van der Waals surface area contributed by atoms with Crippen molar-refractivity contribution in [2.75, 3.05) is 12.4 Å². The van der Waals surface area contributed by atoms with Crippen LogP contribution >= 0.6 is 0 Å². The van der Waals surface area contributed by atoms with E-state index in [1.54, 1.807) is 7.11 Å². The Morgan fingerprint density at radius 1 is 1.43 bits per heavy atom. The lowest BCUT2D eigenvalue weighted by molar-refractivity contribution is -0.124. The SMILES string of the molecule is COc1ccccc1NC1(C(N)=O)CCCC(C(C)C)C1. The van der Waals surface area contributed by atoms with Gasteiger partial charge in [-0.25, -0.2) is 0 Å². The van der Waals surface area contributed by atoms with E-state index in [9.17, 15) is 4.79 Å². The van der Waals surface area contributed by atoms with Crippen molar-refractivity contribution in [3.63, 3.8) is 0 Å². The Hall–Kier alpha value is -1.71. The summed E-state index contributed by atoms with van der Waals surface area (Å²) in [5.74, 6) is 1.56. The van der Waals surface area contributed by atoms with E-state index >= 15 is 0 Å². The smallest absolute Gasteiger partial charge is 0.243 e. The van der Waals surface area contributed by atoms with E-state index in [1.807, 2.05) is 24.3 Å². The van der Waals surface area contributed by atoms with Gasteiger partial charge < -0.3 is 15.8 Å². The minimum atomic E-state index is -0.665. The third-order valence-corrected chi connectivity index (χ3v) is 4.68. The zero-order valence-electron chi connectivity index (χ0n) is 13.2. The number of nitrogens with two attached hydrogens (primary N) is 1. The third-order valence-electron chi connectivity index (χ3n) is 4.68. The number of anilines is 1. The van der Waals surface area contributed by atoms with E-state index in [2.05, 4.69) is 19.2 Å². The molecule has 2 rings (SSSR count). The van der Waals surface area contributed by atoms with Gasteiger partial charge in [0, 0.05) is 0 Å².